The highest BCUT2D eigenvalue weighted by Gasteiger charge is 2.25. The van der Waals surface area contributed by atoms with Crippen molar-refractivity contribution in [2.24, 2.45) is 5.92 Å². The number of rotatable bonds is 8. The summed E-state index contributed by atoms with van der Waals surface area (Å²) in [6, 6.07) is 10.4. The predicted octanol–water partition coefficient (Wildman–Crippen LogP) is 3.42. The van der Waals surface area contributed by atoms with E-state index in [2.05, 4.69) is 4.90 Å². The number of furan rings is 1. The highest BCUT2D eigenvalue weighted by Crippen LogP contribution is 2.22. The second-order valence-corrected chi connectivity index (χ2v) is 7.03. The molecule has 1 aliphatic heterocycles. The van der Waals surface area contributed by atoms with Crippen molar-refractivity contribution < 1.29 is 18.3 Å². The third-order valence-corrected chi connectivity index (χ3v) is 5.12. The van der Waals surface area contributed by atoms with Crippen LogP contribution in [-0.4, -0.2) is 55.6 Å². The number of hydrogen-bond donors (Lipinski definition) is 0. The van der Waals surface area contributed by atoms with Crippen molar-refractivity contribution in [2.45, 2.75) is 19.4 Å². The Morgan fingerprint density at radius 3 is 2.70 bits per heavy atom. The topological polar surface area (TPSA) is 45.9 Å². The van der Waals surface area contributed by atoms with Crippen LogP contribution in [0.5, 0.6) is 0 Å². The van der Waals surface area contributed by atoms with Gasteiger partial charge in [0.2, 0.25) is 0 Å². The number of ether oxygens (including phenoxy) is 1. The molecule has 6 heteroatoms. The molecule has 1 aromatic heterocycles. The van der Waals surface area contributed by atoms with E-state index in [9.17, 15) is 9.18 Å². The highest BCUT2D eigenvalue weighted by atomic mass is 19.1. The number of hydrogen-bond acceptors (Lipinski definition) is 4. The van der Waals surface area contributed by atoms with Gasteiger partial charge >= 0.3 is 0 Å². The molecule has 146 valence electrons. The van der Waals surface area contributed by atoms with Crippen LogP contribution in [-0.2, 0) is 11.3 Å². The number of piperidine rings is 1. The first-order chi connectivity index (χ1) is 13.2. The fourth-order valence-corrected chi connectivity index (χ4v) is 3.54. The maximum atomic E-state index is 13.8. The fourth-order valence-electron chi connectivity index (χ4n) is 3.54. The maximum Gasteiger partial charge on any atom is 0.289 e. The van der Waals surface area contributed by atoms with Gasteiger partial charge in [-0.25, -0.2) is 4.39 Å². The maximum absolute atomic E-state index is 13.8. The zero-order valence-electron chi connectivity index (χ0n) is 15.8. The lowest BCUT2D eigenvalue weighted by Gasteiger charge is -2.34. The molecule has 0 radical (unpaired) electrons. The first-order valence-electron chi connectivity index (χ1n) is 9.45. The molecular formula is C21H27FN2O3. The van der Waals surface area contributed by atoms with Gasteiger partial charge in [-0.3, -0.25) is 9.69 Å². The van der Waals surface area contributed by atoms with Crippen molar-refractivity contribution in [1.29, 1.82) is 0 Å². The summed E-state index contributed by atoms with van der Waals surface area (Å²) < 4.78 is 24.3. The Balaban J connectivity index is 1.52. The standard InChI is InChI=1S/C21H27FN2O3/c1-26-14-12-24(21(25)20-7-4-13-27-20)15-17-8-10-23(11-9-17)16-18-5-2-3-6-19(18)22/h2-7,13,17H,8-12,14-16H2,1H3. The van der Waals surface area contributed by atoms with E-state index in [4.69, 9.17) is 9.15 Å². The van der Waals surface area contributed by atoms with E-state index in [0.717, 1.165) is 31.5 Å². The molecule has 0 atom stereocenters. The number of amides is 1. The zero-order chi connectivity index (χ0) is 19.1. The van der Waals surface area contributed by atoms with Crippen LogP contribution in [0.4, 0.5) is 4.39 Å². The summed E-state index contributed by atoms with van der Waals surface area (Å²) in [5.41, 5.74) is 0.741. The Morgan fingerprint density at radius 2 is 2.04 bits per heavy atom. The molecule has 2 aromatic rings. The van der Waals surface area contributed by atoms with Gasteiger partial charge in [0.05, 0.1) is 12.9 Å². The second-order valence-electron chi connectivity index (χ2n) is 7.03. The lowest BCUT2D eigenvalue weighted by atomic mass is 9.95. The Labute approximate surface area is 159 Å². The molecular weight excluding hydrogens is 347 g/mol. The number of carbonyl (C=O) groups is 1. The summed E-state index contributed by atoms with van der Waals surface area (Å²) in [5, 5.41) is 0. The number of methoxy groups -OCH3 is 1. The number of halogens is 1. The molecule has 0 aliphatic carbocycles. The molecule has 0 N–H and O–H groups in total. The van der Waals surface area contributed by atoms with Gasteiger partial charge in [0.15, 0.2) is 5.76 Å². The first kappa shape index (κ1) is 19.6. The molecule has 3 rings (SSSR count). The first-order valence-corrected chi connectivity index (χ1v) is 9.45. The molecule has 27 heavy (non-hydrogen) atoms. The van der Waals surface area contributed by atoms with Crippen molar-refractivity contribution in [1.82, 2.24) is 9.80 Å². The third-order valence-electron chi connectivity index (χ3n) is 5.12. The van der Waals surface area contributed by atoms with Gasteiger partial charge in [0, 0.05) is 32.3 Å². The van der Waals surface area contributed by atoms with Crippen molar-refractivity contribution in [3.63, 3.8) is 0 Å². The normalized spacial score (nSPS) is 15.8. The minimum absolute atomic E-state index is 0.0918. The predicted molar refractivity (Wildman–Crippen MR) is 101 cm³/mol. The average molecular weight is 374 g/mol. The van der Waals surface area contributed by atoms with Crippen molar-refractivity contribution >= 4 is 5.91 Å². The Kier molecular flexibility index (Phi) is 7.01. The van der Waals surface area contributed by atoms with Crippen LogP contribution < -0.4 is 0 Å². The molecule has 1 aliphatic rings. The number of likely N-dealkylation sites (tertiary alicyclic amines) is 1. The summed E-state index contributed by atoms with van der Waals surface area (Å²) >= 11 is 0. The van der Waals surface area contributed by atoms with Gasteiger partial charge in [-0.2, -0.15) is 0 Å². The molecule has 0 bridgehead atoms. The van der Waals surface area contributed by atoms with Crippen LogP contribution in [0.2, 0.25) is 0 Å². The summed E-state index contributed by atoms with van der Waals surface area (Å²) in [5.74, 6) is 0.556. The van der Waals surface area contributed by atoms with Gasteiger partial charge in [-0.15, -0.1) is 0 Å². The van der Waals surface area contributed by atoms with Gasteiger partial charge in [0.25, 0.3) is 5.91 Å². The van der Waals surface area contributed by atoms with Crippen molar-refractivity contribution in [3.05, 3.63) is 59.8 Å². The fraction of sp³-hybridized carbons (Fsp3) is 0.476. The molecule has 1 aromatic carbocycles. The number of carbonyl (C=O) groups excluding carboxylic acids is 1. The molecule has 1 amide bonds. The Hall–Kier alpha value is -2.18. The van der Waals surface area contributed by atoms with Crippen molar-refractivity contribution in [2.75, 3.05) is 39.9 Å². The minimum Gasteiger partial charge on any atom is -0.459 e. The van der Waals surface area contributed by atoms with Crippen LogP contribution >= 0.6 is 0 Å². The smallest absolute Gasteiger partial charge is 0.289 e. The number of nitrogens with zero attached hydrogens (tertiary/aromatic N) is 2. The summed E-state index contributed by atoms with van der Waals surface area (Å²) in [4.78, 5) is 16.8. The van der Waals surface area contributed by atoms with Crippen LogP contribution in [0.25, 0.3) is 0 Å². The van der Waals surface area contributed by atoms with Crippen LogP contribution in [0.1, 0.15) is 29.0 Å². The summed E-state index contributed by atoms with van der Waals surface area (Å²) in [6.45, 7) is 4.19. The second kappa shape index (κ2) is 9.67. The quantitative estimate of drug-likeness (QED) is 0.710. The minimum atomic E-state index is -0.144. The van der Waals surface area contributed by atoms with Gasteiger partial charge in [-0.05, 0) is 50.0 Å². The molecule has 0 unspecified atom stereocenters. The van der Waals surface area contributed by atoms with Gasteiger partial charge in [-0.1, -0.05) is 18.2 Å². The summed E-state index contributed by atoms with van der Waals surface area (Å²) in [6.07, 6.45) is 3.50. The van der Waals surface area contributed by atoms with E-state index < -0.39 is 0 Å². The average Bonchev–Trinajstić information content (AvgIpc) is 3.22. The lowest BCUT2D eigenvalue weighted by molar-refractivity contribution is 0.0588. The third kappa shape index (κ3) is 5.40. The van der Waals surface area contributed by atoms with E-state index in [0.29, 0.717) is 37.9 Å². The molecule has 2 heterocycles. The molecule has 5 nitrogen and oxygen atoms in total. The van der Waals surface area contributed by atoms with Gasteiger partial charge < -0.3 is 14.1 Å². The van der Waals surface area contributed by atoms with Crippen molar-refractivity contribution in [3.8, 4) is 0 Å². The van der Waals surface area contributed by atoms with E-state index in [1.54, 1.807) is 25.3 Å². The largest absolute Gasteiger partial charge is 0.459 e. The molecule has 0 spiro atoms. The van der Waals surface area contributed by atoms with Gasteiger partial charge in [0.1, 0.15) is 5.82 Å². The van der Waals surface area contributed by atoms with Crippen LogP contribution in [0.15, 0.2) is 47.1 Å². The van der Waals surface area contributed by atoms with Crippen LogP contribution in [0.3, 0.4) is 0 Å². The Bertz CT molecular complexity index is 712. The monoisotopic (exact) mass is 374 g/mol. The van der Waals surface area contributed by atoms with E-state index in [1.165, 1.54) is 12.3 Å². The Morgan fingerprint density at radius 1 is 1.26 bits per heavy atom. The van der Waals surface area contributed by atoms with E-state index in [1.807, 2.05) is 17.0 Å². The number of benzene rings is 1. The summed E-state index contributed by atoms with van der Waals surface area (Å²) in [7, 11) is 1.64. The molecule has 1 fully saturated rings. The highest BCUT2D eigenvalue weighted by molar-refractivity contribution is 5.91. The van der Waals surface area contributed by atoms with Crippen LogP contribution in [0, 0.1) is 11.7 Å². The zero-order valence-corrected chi connectivity index (χ0v) is 15.8. The molecule has 0 saturated carbocycles. The SMILES string of the molecule is COCCN(CC1CCN(Cc2ccccc2F)CC1)C(=O)c1ccco1. The van der Waals surface area contributed by atoms with E-state index >= 15 is 0 Å². The lowest BCUT2D eigenvalue weighted by Crippen LogP contribution is -2.42. The molecule has 1 saturated heterocycles. The van der Waals surface area contributed by atoms with E-state index in [-0.39, 0.29) is 11.7 Å².